The maximum atomic E-state index is 12.3. The summed E-state index contributed by atoms with van der Waals surface area (Å²) in [7, 11) is 2.00. The highest BCUT2D eigenvalue weighted by Gasteiger charge is 2.15. The SMILES string of the molecule is CCN(C)c1cccc(NC(=O)C(C)Oc2cccc(CO)c2)c1. The van der Waals surface area contributed by atoms with Crippen LogP contribution in [0.4, 0.5) is 11.4 Å². The van der Waals surface area contributed by atoms with Crippen molar-refractivity contribution in [3.05, 3.63) is 54.1 Å². The van der Waals surface area contributed by atoms with Crippen molar-refractivity contribution in [3.8, 4) is 5.75 Å². The van der Waals surface area contributed by atoms with Crippen molar-refractivity contribution in [2.75, 3.05) is 23.8 Å². The number of nitrogens with one attached hydrogen (secondary N) is 1. The van der Waals surface area contributed by atoms with Crippen molar-refractivity contribution in [1.82, 2.24) is 0 Å². The Balaban J connectivity index is 2.01. The topological polar surface area (TPSA) is 61.8 Å². The van der Waals surface area contributed by atoms with E-state index in [1.165, 1.54) is 0 Å². The molecule has 2 rings (SSSR count). The van der Waals surface area contributed by atoms with E-state index in [1.54, 1.807) is 31.2 Å². The Bertz CT molecular complexity index is 688. The van der Waals surface area contributed by atoms with Gasteiger partial charge in [-0.1, -0.05) is 18.2 Å². The average molecular weight is 328 g/mol. The Labute approximate surface area is 142 Å². The molecule has 0 spiro atoms. The van der Waals surface area contributed by atoms with Crippen LogP contribution in [0.15, 0.2) is 48.5 Å². The monoisotopic (exact) mass is 328 g/mol. The lowest BCUT2D eigenvalue weighted by Gasteiger charge is -2.19. The van der Waals surface area contributed by atoms with Gasteiger partial charge >= 0.3 is 0 Å². The number of ether oxygens (including phenoxy) is 1. The van der Waals surface area contributed by atoms with Gasteiger partial charge in [0, 0.05) is 25.0 Å². The largest absolute Gasteiger partial charge is 0.481 e. The van der Waals surface area contributed by atoms with Crippen molar-refractivity contribution in [2.24, 2.45) is 0 Å². The second-order valence-corrected chi connectivity index (χ2v) is 5.62. The lowest BCUT2D eigenvalue weighted by atomic mass is 10.2. The van der Waals surface area contributed by atoms with Gasteiger partial charge in [-0.15, -0.1) is 0 Å². The first-order valence-electron chi connectivity index (χ1n) is 8.02. The Morgan fingerprint density at radius 2 is 2.00 bits per heavy atom. The van der Waals surface area contributed by atoms with Gasteiger partial charge in [-0.05, 0) is 49.7 Å². The molecule has 0 fully saturated rings. The molecule has 1 amide bonds. The molecule has 0 aromatic heterocycles. The number of hydrogen-bond acceptors (Lipinski definition) is 4. The van der Waals surface area contributed by atoms with E-state index in [0.29, 0.717) is 5.75 Å². The fourth-order valence-corrected chi connectivity index (χ4v) is 2.22. The first-order chi connectivity index (χ1) is 11.5. The third-order valence-corrected chi connectivity index (χ3v) is 3.79. The summed E-state index contributed by atoms with van der Waals surface area (Å²) in [5.74, 6) is 0.337. The standard InChI is InChI=1S/C19H24N2O3/c1-4-21(3)17-9-6-8-16(12-17)20-19(23)14(2)24-18-10-5-7-15(11-18)13-22/h5-12,14,22H,4,13H2,1-3H3,(H,20,23). The van der Waals surface area contributed by atoms with E-state index < -0.39 is 6.10 Å². The second kappa shape index (κ2) is 8.36. The summed E-state index contributed by atoms with van der Waals surface area (Å²) >= 11 is 0. The number of aliphatic hydroxyl groups excluding tert-OH is 1. The molecule has 5 heteroatoms. The van der Waals surface area contributed by atoms with E-state index in [-0.39, 0.29) is 12.5 Å². The van der Waals surface area contributed by atoms with E-state index in [9.17, 15) is 4.79 Å². The van der Waals surface area contributed by atoms with Gasteiger partial charge < -0.3 is 20.1 Å². The molecule has 0 saturated carbocycles. The lowest BCUT2D eigenvalue weighted by Crippen LogP contribution is -2.30. The molecule has 0 radical (unpaired) electrons. The Morgan fingerprint density at radius 1 is 1.25 bits per heavy atom. The number of carbonyl (C=O) groups is 1. The van der Waals surface area contributed by atoms with Gasteiger partial charge in [0.1, 0.15) is 5.75 Å². The van der Waals surface area contributed by atoms with Gasteiger partial charge in [0.25, 0.3) is 5.91 Å². The number of nitrogens with zero attached hydrogens (tertiary/aromatic N) is 1. The minimum Gasteiger partial charge on any atom is -0.481 e. The van der Waals surface area contributed by atoms with Crippen molar-refractivity contribution in [2.45, 2.75) is 26.6 Å². The number of rotatable bonds is 7. The van der Waals surface area contributed by atoms with E-state index in [1.807, 2.05) is 31.3 Å². The number of amides is 1. The highest BCUT2D eigenvalue weighted by atomic mass is 16.5. The zero-order chi connectivity index (χ0) is 17.5. The van der Waals surface area contributed by atoms with Gasteiger partial charge in [0.2, 0.25) is 0 Å². The molecule has 0 aliphatic rings. The maximum Gasteiger partial charge on any atom is 0.265 e. The van der Waals surface area contributed by atoms with Crippen LogP contribution in [-0.4, -0.2) is 30.7 Å². The predicted octanol–water partition coefficient (Wildman–Crippen LogP) is 3.04. The lowest BCUT2D eigenvalue weighted by molar-refractivity contribution is -0.122. The summed E-state index contributed by atoms with van der Waals surface area (Å²) in [5, 5.41) is 12.0. The number of benzene rings is 2. The third-order valence-electron chi connectivity index (χ3n) is 3.79. The molecule has 1 unspecified atom stereocenters. The van der Waals surface area contributed by atoms with E-state index in [4.69, 9.17) is 9.84 Å². The molecule has 0 aliphatic carbocycles. The fourth-order valence-electron chi connectivity index (χ4n) is 2.22. The summed E-state index contributed by atoms with van der Waals surface area (Å²) in [4.78, 5) is 14.4. The Morgan fingerprint density at radius 3 is 2.71 bits per heavy atom. The quantitative estimate of drug-likeness (QED) is 0.820. The summed E-state index contributed by atoms with van der Waals surface area (Å²) in [6, 6.07) is 14.8. The van der Waals surface area contributed by atoms with E-state index >= 15 is 0 Å². The van der Waals surface area contributed by atoms with Gasteiger partial charge in [-0.25, -0.2) is 0 Å². The summed E-state index contributed by atoms with van der Waals surface area (Å²) < 4.78 is 5.66. The predicted molar refractivity (Wildman–Crippen MR) is 96.5 cm³/mol. The number of carbonyl (C=O) groups excluding carboxylic acids is 1. The molecule has 5 nitrogen and oxygen atoms in total. The molecule has 1 atom stereocenters. The summed E-state index contributed by atoms with van der Waals surface area (Å²) in [6.45, 7) is 4.60. The van der Waals surface area contributed by atoms with Crippen LogP contribution in [0.1, 0.15) is 19.4 Å². The van der Waals surface area contributed by atoms with Crippen LogP contribution in [0.5, 0.6) is 5.75 Å². The van der Waals surface area contributed by atoms with E-state index in [2.05, 4.69) is 17.1 Å². The van der Waals surface area contributed by atoms with Gasteiger partial charge in [0.15, 0.2) is 6.10 Å². The average Bonchev–Trinajstić information content (AvgIpc) is 2.61. The van der Waals surface area contributed by atoms with Crippen LogP contribution >= 0.6 is 0 Å². The fraction of sp³-hybridized carbons (Fsp3) is 0.316. The Kier molecular flexibility index (Phi) is 6.21. The number of anilines is 2. The van der Waals surface area contributed by atoms with Crippen LogP contribution in [0.25, 0.3) is 0 Å². The first kappa shape index (κ1) is 17.8. The first-order valence-corrected chi connectivity index (χ1v) is 8.02. The molecule has 2 N–H and O–H groups in total. The molecule has 0 bridgehead atoms. The van der Waals surface area contributed by atoms with Crippen LogP contribution in [0.3, 0.4) is 0 Å². The molecule has 0 heterocycles. The molecule has 2 aromatic carbocycles. The van der Waals surface area contributed by atoms with Crippen LogP contribution in [-0.2, 0) is 11.4 Å². The van der Waals surface area contributed by atoms with Crippen LogP contribution in [0, 0.1) is 0 Å². The third kappa shape index (κ3) is 4.73. The van der Waals surface area contributed by atoms with Crippen molar-refractivity contribution in [1.29, 1.82) is 0 Å². The number of aliphatic hydroxyl groups is 1. The molecule has 24 heavy (non-hydrogen) atoms. The van der Waals surface area contributed by atoms with Crippen molar-refractivity contribution >= 4 is 17.3 Å². The minimum atomic E-state index is -0.647. The molecular weight excluding hydrogens is 304 g/mol. The second-order valence-electron chi connectivity index (χ2n) is 5.62. The summed E-state index contributed by atoms with van der Waals surface area (Å²) in [5.41, 5.74) is 2.52. The van der Waals surface area contributed by atoms with Crippen molar-refractivity contribution < 1.29 is 14.6 Å². The van der Waals surface area contributed by atoms with Gasteiger partial charge in [-0.3, -0.25) is 4.79 Å². The normalized spacial score (nSPS) is 11.7. The number of hydrogen-bond donors (Lipinski definition) is 2. The highest BCUT2D eigenvalue weighted by Crippen LogP contribution is 2.19. The van der Waals surface area contributed by atoms with Crippen LogP contribution < -0.4 is 15.0 Å². The van der Waals surface area contributed by atoms with Gasteiger partial charge in [-0.2, -0.15) is 0 Å². The maximum absolute atomic E-state index is 12.3. The zero-order valence-corrected chi connectivity index (χ0v) is 14.3. The molecule has 0 saturated heterocycles. The molecule has 128 valence electrons. The summed E-state index contributed by atoms with van der Waals surface area (Å²) in [6.07, 6.45) is -0.647. The van der Waals surface area contributed by atoms with Crippen molar-refractivity contribution in [3.63, 3.8) is 0 Å². The van der Waals surface area contributed by atoms with Gasteiger partial charge in [0.05, 0.1) is 6.61 Å². The highest BCUT2D eigenvalue weighted by molar-refractivity contribution is 5.94. The van der Waals surface area contributed by atoms with E-state index in [0.717, 1.165) is 23.5 Å². The Hall–Kier alpha value is -2.53. The smallest absolute Gasteiger partial charge is 0.265 e. The molecular formula is C19H24N2O3. The zero-order valence-electron chi connectivity index (χ0n) is 14.3. The molecule has 2 aromatic rings. The van der Waals surface area contributed by atoms with Crippen LogP contribution in [0.2, 0.25) is 0 Å². The minimum absolute atomic E-state index is 0.0600. The molecule has 0 aliphatic heterocycles.